The SMILES string of the molecule is CCOCC(=O)OCOc1c(OC)ccnc1C(=O)NC1CCCC(CCF)C(OCC(C)C)C(C)OC1=O. The van der Waals surface area contributed by atoms with Crippen LogP contribution in [0, 0.1) is 11.8 Å². The highest BCUT2D eigenvalue weighted by atomic mass is 19.1. The Labute approximate surface area is 229 Å². The van der Waals surface area contributed by atoms with Gasteiger partial charge in [0.05, 0.1) is 19.9 Å². The van der Waals surface area contributed by atoms with Crippen LogP contribution in [0.4, 0.5) is 4.39 Å². The van der Waals surface area contributed by atoms with E-state index in [-0.39, 0.29) is 42.1 Å². The largest absolute Gasteiger partial charge is 0.493 e. The molecule has 4 atom stereocenters. The van der Waals surface area contributed by atoms with Crippen LogP contribution in [0.25, 0.3) is 0 Å². The van der Waals surface area contributed by atoms with Crippen LogP contribution in [0.5, 0.6) is 11.5 Å². The normalized spacial score (nSPS) is 21.8. The number of ether oxygens (including phenoxy) is 6. The molecule has 0 bridgehead atoms. The maximum Gasteiger partial charge on any atom is 0.334 e. The Kier molecular flexibility index (Phi) is 13.9. The van der Waals surface area contributed by atoms with Crippen molar-refractivity contribution >= 4 is 17.8 Å². The molecule has 1 fully saturated rings. The van der Waals surface area contributed by atoms with Gasteiger partial charge < -0.3 is 33.7 Å². The number of carbonyl (C=O) groups excluding carboxylic acids is 3. The Hall–Kier alpha value is -2.99. The van der Waals surface area contributed by atoms with Crippen molar-refractivity contribution < 1.29 is 47.2 Å². The molecule has 1 aromatic heterocycles. The van der Waals surface area contributed by atoms with Gasteiger partial charge in [0.25, 0.3) is 5.91 Å². The number of nitrogens with zero attached hydrogens (tertiary/aromatic N) is 1. The fourth-order valence-corrected chi connectivity index (χ4v) is 4.24. The maximum absolute atomic E-state index is 13.3. The number of rotatable bonds is 14. The van der Waals surface area contributed by atoms with Gasteiger partial charge in [-0.15, -0.1) is 0 Å². The summed E-state index contributed by atoms with van der Waals surface area (Å²) in [5.41, 5.74) is -0.163. The lowest BCUT2D eigenvalue weighted by atomic mass is 9.90. The van der Waals surface area contributed by atoms with Crippen molar-refractivity contribution in [1.82, 2.24) is 10.3 Å². The molecule has 4 unspecified atom stereocenters. The van der Waals surface area contributed by atoms with E-state index in [1.165, 1.54) is 19.4 Å². The highest BCUT2D eigenvalue weighted by molar-refractivity contribution is 5.98. The van der Waals surface area contributed by atoms with Gasteiger partial charge in [-0.05, 0) is 44.9 Å². The second kappa shape index (κ2) is 16.9. The van der Waals surface area contributed by atoms with Crippen LogP contribution < -0.4 is 14.8 Å². The molecule has 1 N–H and O–H groups in total. The summed E-state index contributed by atoms with van der Waals surface area (Å²) in [7, 11) is 1.38. The lowest BCUT2D eigenvalue weighted by Gasteiger charge is -2.31. The van der Waals surface area contributed by atoms with E-state index in [2.05, 4.69) is 10.3 Å². The van der Waals surface area contributed by atoms with Gasteiger partial charge in [-0.25, -0.2) is 14.6 Å². The van der Waals surface area contributed by atoms with Crippen LogP contribution in [-0.4, -0.2) is 81.5 Å². The number of cyclic esters (lactones) is 1. The number of halogens is 1. The summed E-state index contributed by atoms with van der Waals surface area (Å²) in [5, 5.41) is 2.68. The Morgan fingerprint density at radius 2 is 2.05 bits per heavy atom. The Bertz CT molecular complexity index is 931. The molecule has 0 saturated carbocycles. The zero-order valence-electron chi connectivity index (χ0n) is 23.4. The first-order chi connectivity index (χ1) is 18.7. The molecule has 1 aliphatic heterocycles. The molecule has 2 heterocycles. The maximum atomic E-state index is 13.3. The second-order valence-electron chi connectivity index (χ2n) is 9.64. The standard InChI is InChI=1S/C27H41FN2O9/c1-6-35-15-22(31)37-16-38-25-21(34-5)11-13-29-23(25)26(32)30-20-9-7-8-19(10-12-28)24(36-14-17(2)3)18(4)39-27(20)33/h11,13,17-20,24H,6-10,12,14-16H2,1-5H3,(H,30,32). The first-order valence-corrected chi connectivity index (χ1v) is 13.3. The highest BCUT2D eigenvalue weighted by Crippen LogP contribution is 2.30. The minimum atomic E-state index is -0.973. The minimum Gasteiger partial charge on any atom is -0.493 e. The van der Waals surface area contributed by atoms with E-state index in [9.17, 15) is 18.8 Å². The average Bonchev–Trinajstić information content (AvgIpc) is 2.95. The van der Waals surface area contributed by atoms with Gasteiger partial charge in [-0.3, -0.25) is 9.18 Å². The van der Waals surface area contributed by atoms with E-state index in [4.69, 9.17) is 28.4 Å². The predicted molar refractivity (Wildman–Crippen MR) is 138 cm³/mol. The quantitative estimate of drug-likeness (QED) is 0.269. The molecular weight excluding hydrogens is 515 g/mol. The number of nitrogens with one attached hydrogen (secondary N) is 1. The van der Waals surface area contributed by atoms with Crippen LogP contribution in [0.2, 0.25) is 0 Å². The molecular formula is C27H41FN2O9. The van der Waals surface area contributed by atoms with E-state index in [0.717, 1.165) is 0 Å². The number of amides is 1. The number of hydrogen-bond acceptors (Lipinski definition) is 10. The number of carbonyl (C=O) groups is 3. The number of aromatic nitrogens is 1. The van der Waals surface area contributed by atoms with Crippen molar-refractivity contribution in [3.05, 3.63) is 18.0 Å². The van der Waals surface area contributed by atoms with Gasteiger partial charge in [0.15, 0.2) is 17.2 Å². The number of methoxy groups -OCH3 is 1. The Morgan fingerprint density at radius 3 is 2.72 bits per heavy atom. The zero-order chi connectivity index (χ0) is 28.8. The number of pyridine rings is 1. The monoisotopic (exact) mass is 556 g/mol. The van der Waals surface area contributed by atoms with Gasteiger partial charge >= 0.3 is 11.9 Å². The third-order valence-corrected chi connectivity index (χ3v) is 6.14. The van der Waals surface area contributed by atoms with Crippen LogP contribution in [0.1, 0.15) is 63.9 Å². The van der Waals surface area contributed by atoms with E-state index in [0.29, 0.717) is 32.5 Å². The van der Waals surface area contributed by atoms with E-state index in [1.54, 1.807) is 13.8 Å². The summed E-state index contributed by atoms with van der Waals surface area (Å²) in [4.78, 5) is 42.1. The Balaban J connectivity index is 2.16. The predicted octanol–water partition coefficient (Wildman–Crippen LogP) is 3.24. The number of esters is 2. The molecule has 2 rings (SSSR count). The fourth-order valence-electron chi connectivity index (χ4n) is 4.24. The van der Waals surface area contributed by atoms with Gasteiger partial charge in [0, 0.05) is 25.5 Å². The first-order valence-electron chi connectivity index (χ1n) is 13.3. The van der Waals surface area contributed by atoms with Crippen LogP contribution in [-0.2, 0) is 28.5 Å². The van der Waals surface area contributed by atoms with Crippen molar-refractivity contribution in [2.75, 3.05) is 40.4 Å². The molecule has 0 radical (unpaired) electrons. The summed E-state index contributed by atoms with van der Waals surface area (Å²) in [6.07, 6.45) is 2.00. The third kappa shape index (κ3) is 10.2. The third-order valence-electron chi connectivity index (χ3n) is 6.14. The smallest absolute Gasteiger partial charge is 0.334 e. The molecule has 1 aliphatic rings. The fraction of sp³-hybridized carbons (Fsp3) is 0.704. The summed E-state index contributed by atoms with van der Waals surface area (Å²) >= 11 is 0. The summed E-state index contributed by atoms with van der Waals surface area (Å²) in [5.74, 6) is -1.71. The molecule has 11 nitrogen and oxygen atoms in total. The van der Waals surface area contributed by atoms with Gasteiger partial charge in [0.2, 0.25) is 6.79 Å². The molecule has 1 aromatic rings. The number of alkyl halides is 1. The van der Waals surface area contributed by atoms with Crippen molar-refractivity contribution in [2.45, 2.75) is 71.6 Å². The topological polar surface area (TPSA) is 132 Å². The zero-order valence-corrected chi connectivity index (χ0v) is 23.4. The molecule has 220 valence electrons. The van der Waals surface area contributed by atoms with Crippen molar-refractivity contribution in [1.29, 1.82) is 0 Å². The van der Waals surface area contributed by atoms with Gasteiger partial charge in [-0.1, -0.05) is 20.3 Å². The lowest BCUT2D eigenvalue weighted by Crippen LogP contribution is -2.44. The Morgan fingerprint density at radius 1 is 1.28 bits per heavy atom. The number of hydrogen-bond donors (Lipinski definition) is 1. The van der Waals surface area contributed by atoms with Crippen LogP contribution in [0.3, 0.4) is 0 Å². The van der Waals surface area contributed by atoms with Crippen molar-refractivity contribution in [3.63, 3.8) is 0 Å². The van der Waals surface area contributed by atoms with E-state index < -0.39 is 49.6 Å². The van der Waals surface area contributed by atoms with Gasteiger partial charge in [-0.2, -0.15) is 0 Å². The highest BCUT2D eigenvalue weighted by Gasteiger charge is 2.35. The molecule has 1 saturated heterocycles. The van der Waals surface area contributed by atoms with Gasteiger partial charge in [0.1, 0.15) is 18.8 Å². The average molecular weight is 557 g/mol. The summed E-state index contributed by atoms with van der Waals surface area (Å²) < 4.78 is 45.8. The molecule has 39 heavy (non-hydrogen) atoms. The molecule has 0 aromatic carbocycles. The first kappa shape index (κ1) is 32.2. The van der Waals surface area contributed by atoms with Crippen LogP contribution >= 0.6 is 0 Å². The van der Waals surface area contributed by atoms with Crippen molar-refractivity contribution in [2.24, 2.45) is 11.8 Å². The van der Waals surface area contributed by atoms with E-state index in [1.807, 2.05) is 13.8 Å². The minimum absolute atomic E-state index is 0.0586. The lowest BCUT2D eigenvalue weighted by molar-refractivity contribution is -0.161. The molecule has 12 heteroatoms. The van der Waals surface area contributed by atoms with E-state index >= 15 is 0 Å². The van der Waals surface area contributed by atoms with Crippen molar-refractivity contribution in [3.8, 4) is 11.5 Å². The molecule has 0 aliphatic carbocycles. The molecule has 0 spiro atoms. The molecule has 1 amide bonds. The summed E-state index contributed by atoms with van der Waals surface area (Å²) in [6.45, 7) is 7.04. The van der Waals surface area contributed by atoms with Crippen LogP contribution in [0.15, 0.2) is 12.3 Å². The summed E-state index contributed by atoms with van der Waals surface area (Å²) in [6, 6.07) is 0.506. The second-order valence-corrected chi connectivity index (χ2v) is 9.64.